The number of hydrogen-bond donors (Lipinski definition) is 2. The number of carboxylic acids is 1. The van der Waals surface area contributed by atoms with Crippen LogP contribution in [0.4, 0.5) is 18.0 Å². The SMILES string of the molecule is CC(C)(C)OC(=O)NC(Cc1cc(F)c(F)c(F)c1)C(=O)O. The minimum atomic E-state index is -1.64. The average Bonchev–Trinajstić information content (AvgIpc) is 2.32. The molecule has 8 heteroatoms. The van der Waals surface area contributed by atoms with E-state index in [2.05, 4.69) is 5.32 Å². The van der Waals surface area contributed by atoms with Crippen LogP contribution in [-0.2, 0) is 16.0 Å². The number of carbonyl (C=O) groups excluding carboxylic acids is 1. The fourth-order valence-electron chi connectivity index (χ4n) is 1.61. The van der Waals surface area contributed by atoms with Gasteiger partial charge in [0.15, 0.2) is 17.5 Å². The third-order valence-electron chi connectivity index (χ3n) is 2.47. The number of alkyl carbamates (subject to hydrolysis) is 1. The van der Waals surface area contributed by atoms with Gasteiger partial charge < -0.3 is 15.2 Å². The molecular formula is C14H16F3NO4. The number of aliphatic carboxylic acids is 1. The van der Waals surface area contributed by atoms with E-state index in [0.717, 1.165) is 0 Å². The number of nitrogens with one attached hydrogen (secondary N) is 1. The van der Waals surface area contributed by atoms with Crippen LogP contribution in [0, 0.1) is 17.5 Å². The molecule has 0 saturated carbocycles. The highest BCUT2D eigenvalue weighted by Crippen LogP contribution is 2.15. The Morgan fingerprint density at radius 3 is 2.14 bits per heavy atom. The summed E-state index contributed by atoms with van der Waals surface area (Å²) < 4.78 is 44.0. The number of amides is 1. The van der Waals surface area contributed by atoms with Crippen LogP contribution in [0.2, 0.25) is 0 Å². The molecule has 0 aliphatic carbocycles. The maximum absolute atomic E-state index is 13.1. The molecule has 1 amide bonds. The molecule has 122 valence electrons. The number of halogens is 3. The van der Waals surface area contributed by atoms with E-state index >= 15 is 0 Å². The van der Waals surface area contributed by atoms with Crippen LogP contribution in [0.3, 0.4) is 0 Å². The molecule has 1 aromatic carbocycles. The highest BCUT2D eigenvalue weighted by Gasteiger charge is 2.25. The van der Waals surface area contributed by atoms with Crippen LogP contribution in [0.25, 0.3) is 0 Å². The van der Waals surface area contributed by atoms with Gasteiger partial charge in [-0.25, -0.2) is 22.8 Å². The van der Waals surface area contributed by atoms with Gasteiger partial charge in [0.2, 0.25) is 0 Å². The number of carbonyl (C=O) groups is 2. The second-order valence-corrected chi connectivity index (χ2v) is 5.61. The van der Waals surface area contributed by atoms with Gasteiger partial charge in [-0.1, -0.05) is 0 Å². The molecule has 2 N–H and O–H groups in total. The maximum Gasteiger partial charge on any atom is 0.408 e. The molecule has 0 spiro atoms. The molecule has 0 heterocycles. The largest absolute Gasteiger partial charge is 0.480 e. The quantitative estimate of drug-likeness (QED) is 0.837. The Labute approximate surface area is 125 Å². The summed E-state index contributed by atoms with van der Waals surface area (Å²) in [7, 11) is 0. The number of benzene rings is 1. The number of carboxylic acid groups (broad SMARTS) is 1. The molecule has 0 saturated heterocycles. The van der Waals surface area contributed by atoms with E-state index in [4.69, 9.17) is 9.84 Å². The standard InChI is InChI=1S/C14H16F3NO4/c1-14(2,3)22-13(21)18-10(12(19)20)6-7-4-8(15)11(17)9(16)5-7/h4-5,10H,6H2,1-3H3,(H,18,21)(H,19,20). The Kier molecular flexibility index (Phi) is 5.40. The van der Waals surface area contributed by atoms with E-state index in [1.165, 1.54) is 0 Å². The molecular weight excluding hydrogens is 303 g/mol. The fourth-order valence-corrected chi connectivity index (χ4v) is 1.61. The predicted molar refractivity (Wildman–Crippen MR) is 70.8 cm³/mol. The van der Waals surface area contributed by atoms with E-state index in [1.54, 1.807) is 20.8 Å². The molecule has 0 aliphatic heterocycles. The van der Waals surface area contributed by atoms with Gasteiger partial charge in [-0.2, -0.15) is 0 Å². The Bertz CT molecular complexity index is 561. The van der Waals surface area contributed by atoms with E-state index in [-0.39, 0.29) is 5.56 Å². The minimum Gasteiger partial charge on any atom is -0.480 e. The lowest BCUT2D eigenvalue weighted by Crippen LogP contribution is -2.44. The molecule has 0 aromatic heterocycles. The van der Waals surface area contributed by atoms with Crippen LogP contribution in [0.1, 0.15) is 26.3 Å². The average molecular weight is 319 g/mol. The van der Waals surface area contributed by atoms with Gasteiger partial charge in [-0.3, -0.25) is 0 Å². The maximum atomic E-state index is 13.1. The Morgan fingerprint density at radius 1 is 1.23 bits per heavy atom. The summed E-state index contributed by atoms with van der Waals surface area (Å²) in [6.45, 7) is 4.77. The van der Waals surface area contributed by atoms with Crippen molar-refractivity contribution >= 4 is 12.1 Å². The lowest BCUT2D eigenvalue weighted by atomic mass is 10.1. The lowest BCUT2D eigenvalue weighted by molar-refractivity contribution is -0.139. The monoisotopic (exact) mass is 319 g/mol. The topological polar surface area (TPSA) is 75.6 Å². The minimum absolute atomic E-state index is 0.111. The van der Waals surface area contributed by atoms with E-state index in [9.17, 15) is 22.8 Å². The van der Waals surface area contributed by atoms with Gasteiger partial charge in [0.25, 0.3) is 0 Å². The molecule has 1 rings (SSSR count). The van der Waals surface area contributed by atoms with Crippen molar-refractivity contribution in [3.63, 3.8) is 0 Å². The van der Waals surface area contributed by atoms with E-state index < -0.39 is 47.6 Å². The zero-order valence-corrected chi connectivity index (χ0v) is 12.2. The summed E-state index contributed by atoms with van der Waals surface area (Å²) in [6.07, 6.45) is -1.41. The number of rotatable bonds is 4. The first kappa shape index (κ1) is 17.8. The summed E-state index contributed by atoms with van der Waals surface area (Å²) in [4.78, 5) is 22.7. The summed E-state index contributed by atoms with van der Waals surface area (Å²) in [5.74, 6) is -5.93. The van der Waals surface area contributed by atoms with Gasteiger partial charge in [0.1, 0.15) is 11.6 Å². The van der Waals surface area contributed by atoms with Crippen molar-refractivity contribution in [1.29, 1.82) is 0 Å². The summed E-state index contributed by atoms with van der Waals surface area (Å²) in [5, 5.41) is 11.1. The Morgan fingerprint density at radius 2 is 1.73 bits per heavy atom. The van der Waals surface area contributed by atoms with Crippen molar-refractivity contribution in [1.82, 2.24) is 5.32 Å². The molecule has 1 atom stereocenters. The van der Waals surface area contributed by atoms with Crippen molar-refractivity contribution in [2.75, 3.05) is 0 Å². The molecule has 5 nitrogen and oxygen atoms in total. The van der Waals surface area contributed by atoms with Gasteiger partial charge in [0, 0.05) is 6.42 Å². The third kappa shape index (κ3) is 5.27. The molecule has 22 heavy (non-hydrogen) atoms. The molecule has 1 unspecified atom stereocenters. The summed E-state index contributed by atoms with van der Waals surface area (Å²) in [6, 6.07) is -0.130. The van der Waals surface area contributed by atoms with Crippen LogP contribution < -0.4 is 5.32 Å². The highest BCUT2D eigenvalue weighted by atomic mass is 19.2. The lowest BCUT2D eigenvalue weighted by Gasteiger charge is -2.22. The second-order valence-electron chi connectivity index (χ2n) is 5.61. The Hall–Kier alpha value is -2.25. The Balaban J connectivity index is 2.85. The first-order valence-corrected chi connectivity index (χ1v) is 6.35. The van der Waals surface area contributed by atoms with Crippen LogP contribution >= 0.6 is 0 Å². The fraction of sp³-hybridized carbons (Fsp3) is 0.429. The van der Waals surface area contributed by atoms with Crippen molar-refractivity contribution in [2.45, 2.75) is 38.8 Å². The van der Waals surface area contributed by atoms with E-state index in [1.807, 2.05) is 0 Å². The van der Waals surface area contributed by atoms with Crippen molar-refractivity contribution < 1.29 is 32.6 Å². The van der Waals surface area contributed by atoms with E-state index in [0.29, 0.717) is 12.1 Å². The molecule has 0 fully saturated rings. The van der Waals surface area contributed by atoms with Gasteiger partial charge >= 0.3 is 12.1 Å². The van der Waals surface area contributed by atoms with Crippen molar-refractivity contribution in [3.8, 4) is 0 Å². The summed E-state index contributed by atoms with van der Waals surface area (Å²) in [5.41, 5.74) is -0.943. The van der Waals surface area contributed by atoms with Crippen molar-refractivity contribution in [3.05, 3.63) is 35.1 Å². The zero-order valence-electron chi connectivity index (χ0n) is 12.2. The van der Waals surface area contributed by atoms with Gasteiger partial charge in [-0.15, -0.1) is 0 Å². The first-order chi connectivity index (χ1) is 9.99. The zero-order chi connectivity index (χ0) is 17.1. The molecule has 1 aromatic rings. The molecule has 0 radical (unpaired) electrons. The summed E-state index contributed by atoms with van der Waals surface area (Å²) >= 11 is 0. The number of ether oxygens (including phenoxy) is 1. The highest BCUT2D eigenvalue weighted by molar-refractivity contribution is 5.80. The van der Waals surface area contributed by atoms with Gasteiger partial charge in [-0.05, 0) is 38.5 Å². The third-order valence-corrected chi connectivity index (χ3v) is 2.47. The number of hydrogen-bond acceptors (Lipinski definition) is 3. The van der Waals surface area contributed by atoms with Crippen LogP contribution in [0.15, 0.2) is 12.1 Å². The second kappa shape index (κ2) is 6.67. The predicted octanol–water partition coefficient (Wildman–Crippen LogP) is 2.62. The first-order valence-electron chi connectivity index (χ1n) is 6.35. The van der Waals surface area contributed by atoms with Crippen LogP contribution in [-0.4, -0.2) is 28.8 Å². The molecule has 0 bridgehead atoms. The van der Waals surface area contributed by atoms with Crippen molar-refractivity contribution in [2.24, 2.45) is 0 Å². The van der Waals surface area contributed by atoms with Crippen LogP contribution in [0.5, 0.6) is 0 Å². The normalized spacial score (nSPS) is 12.6. The smallest absolute Gasteiger partial charge is 0.408 e. The van der Waals surface area contributed by atoms with Gasteiger partial charge in [0.05, 0.1) is 0 Å². The molecule has 0 aliphatic rings.